The van der Waals surface area contributed by atoms with E-state index in [1.807, 2.05) is 6.07 Å². The fraction of sp³-hybridized carbons (Fsp3) is 0.375. The van der Waals surface area contributed by atoms with Crippen LogP contribution < -0.4 is 10.1 Å². The lowest BCUT2D eigenvalue weighted by Gasteiger charge is -2.17. The number of carbonyl (C=O) groups is 1. The van der Waals surface area contributed by atoms with Crippen molar-refractivity contribution in [3.05, 3.63) is 64.1 Å². The van der Waals surface area contributed by atoms with E-state index in [9.17, 15) is 18.0 Å². The van der Waals surface area contributed by atoms with Gasteiger partial charge in [-0.2, -0.15) is 22.8 Å². The number of aromatic nitrogens is 3. The molecule has 0 aliphatic carbocycles. The second-order valence-electron chi connectivity index (χ2n) is 8.55. The van der Waals surface area contributed by atoms with Crippen LogP contribution in [-0.4, -0.2) is 57.6 Å². The van der Waals surface area contributed by atoms with Gasteiger partial charge in [0.2, 0.25) is 5.88 Å². The Labute approximate surface area is 209 Å². The zero-order valence-electron chi connectivity index (χ0n) is 19.4. The number of rotatable bonds is 8. The van der Waals surface area contributed by atoms with Crippen molar-refractivity contribution < 1.29 is 22.7 Å². The quantitative estimate of drug-likeness (QED) is 0.478. The molecule has 1 fully saturated rings. The smallest absolute Gasteiger partial charge is 0.401 e. The number of nitrogens with zero attached hydrogens (tertiary/aromatic N) is 5. The van der Waals surface area contributed by atoms with Crippen molar-refractivity contribution in [2.45, 2.75) is 25.9 Å². The molecule has 12 heteroatoms. The van der Waals surface area contributed by atoms with E-state index in [0.29, 0.717) is 54.3 Å². The summed E-state index contributed by atoms with van der Waals surface area (Å²) in [4.78, 5) is 23.6. The highest BCUT2D eigenvalue weighted by Gasteiger charge is 2.34. The Morgan fingerprint density at radius 2 is 2.11 bits per heavy atom. The van der Waals surface area contributed by atoms with Crippen molar-refractivity contribution in [3.8, 4) is 11.9 Å². The number of carbonyl (C=O) groups excluding carboxylic acids is 1. The highest BCUT2D eigenvalue weighted by Crippen LogP contribution is 2.25. The minimum absolute atomic E-state index is 0.00612. The average Bonchev–Trinajstić information content (AvgIpc) is 3.43. The lowest BCUT2D eigenvalue weighted by Crippen LogP contribution is -2.32. The van der Waals surface area contributed by atoms with Crippen LogP contribution in [0.15, 0.2) is 36.7 Å². The molecular formula is C24H23F3N6O2S. The van der Waals surface area contributed by atoms with Gasteiger partial charge in [-0.05, 0) is 49.6 Å². The number of alkyl halides is 3. The van der Waals surface area contributed by atoms with Crippen molar-refractivity contribution in [1.29, 1.82) is 5.26 Å². The SMILES string of the molecule is Cc1nsc(Cc2ccc(C#N)cn2)c1C(=O)Nc1ccc(OC[C@H]2CCN(CC(F)(F)F)C2)nc1. The van der Waals surface area contributed by atoms with Crippen LogP contribution in [0.25, 0.3) is 0 Å². The van der Waals surface area contributed by atoms with Gasteiger partial charge in [-0.25, -0.2) is 4.98 Å². The Bertz CT molecular complexity index is 1240. The number of anilines is 1. The molecule has 0 aromatic carbocycles. The molecule has 36 heavy (non-hydrogen) atoms. The Hall–Kier alpha value is -3.56. The first-order valence-corrected chi connectivity index (χ1v) is 12.0. The summed E-state index contributed by atoms with van der Waals surface area (Å²) in [5.74, 6) is 0.0194. The molecule has 1 aliphatic heterocycles. The van der Waals surface area contributed by atoms with Gasteiger partial charge >= 0.3 is 6.18 Å². The number of pyridine rings is 2. The summed E-state index contributed by atoms with van der Waals surface area (Å²) in [5, 5.41) is 11.7. The molecule has 0 radical (unpaired) electrons. The third-order valence-corrected chi connectivity index (χ3v) is 6.62. The molecule has 0 bridgehead atoms. The van der Waals surface area contributed by atoms with E-state index in [1.54, 1.807) is 31.2 Å². The molecule has 3 aromatic rings. The molecule has 188 valence electrons. The number of likely N-dealkylation sites (tertiary alicyclic amines) is 1. The van der Waals surface area contributed by atoms with E-state index in [1.165, 1.54) is 28.8 Å². The normalized spacial score (nSPS) is 16.0. The van der Waals surface area contributed by atoms with Crippen LogP contribution in [0.1, 0.15) is 38.6 Å². The van der Waals surface area contributed by atoms with E-state index in [2.05, 4.69) is 19.7 Å². The van der Waals surface area contributed by atoms with Crippen molar-refractivity contribution in [2.75, 3.05) is 31.6 Å². The van der Waals surface area contributed by atoms with E-state index in [4.69, 9.17) is 10.00 Å². The molecule has 0 saturated carbocycles. The lowest BCUT2D eigenvalue weighted by atomic mass is 10.1. The summed E-state index contributed by atoms with van der Waals surface area (Å²) in [7, 11) is 0. The summed E-state index contributed by atoms with van der Waals surface area (Å²) < 4.78 is 47.6. The Morgan fingerprint density at radius 1 is 1.28 bits per heavy atom. The zero-order valence-corrected chi connectivity index (χ0v) is 20.2. The maximum Gasteiger partial charge on any atom is 0.401 e. The van der Waals surface area contributed by atoms with Crippen molar-refractivity contribution in [1.82, 2.24) is 19.2 Å². The summed E-state index contributed by atoms with van der Waals surface area (Å²) in [6.07, 6.45) is -0.194. The van der Waals surface area contributed by atoms with Gasteiger partial charge in [-0.1, -0.05) is 0 Å². The third-order valence-electron chi connectivity index (χ3n) is 5.69. The van der Waals surface area contributed by atoms with Crippen LogP contribution in [0.4, 0.5) is 18.9 Å². The van der Waals surface area contributed by atoms with Crippen LogP contribution in [-0.2, 0) is 6.42 Å². The summed E-state index contributed by atoms with van der Waals surface area (Å²) in [6.45, 7) is 1.86. The summed E-state index contributed by atoms with van der Waals surface area (Å²) in [6, 6.07) is 8.71. The Morgan fingerprint density at radius 3 is 2.78 bits per heavy atom. The predicted molar refractivity (Wildman–Crippen MR) is 127 cm³/mol. The van der Waals surface area contributed by atoms with Gasteiger partial charge < -0.3 is 10.1 Å². The Balaban J connectivity index is 1.31. The van der Waals surface area contributed by atoms with Gasteiger partial charge in [0.15, 0.2) is 0 Å². The highest BCUT2D eigenvalue weighted by atomic mass is 32.1. The maximum absolute atomic E-state index is 13.0. The van der Waals surface area contributed by atoms with Crippen molar-refractivity contribution in [2.24, 2.45) is 5.92 Å². The fourth-order valence-electron chi connectivity index (χ4n) is 3.97. The van der Waals surface area contributed by atoms with Gasteiger partial charge in [-0.15, -0.1) is 0 Å². The van der Waals surface area contributed by atoms with Gasteiger partial charge in [0.1, 0.15) is 6.07 Å². The molecule has 1 amide bonds. The van der Waals surface area contributed by atoms with E-state index in [0.717, 1.165) is 10.6 Å². The second-order valence-corrected chi connectivity index (χ2v) is 9.41. The number of hydrogen-bond acceptors (Lipinski definition) is 8. The molecule has 0 spiro atoms. The van der Waals surface area contributed by atoms with Crippen LogP contribution in [0, 0.1) is 24.2 Å². The highest BCUT2D eigenvalue weighted by molar-refractivity contribution is 7.06. The van der Waals surface area contributed by atoms with Gasteiger partial charge in [0.05, 0.1) is 41.9 Å². The Kier molecular flexibility index (Phi) is 7.81. The predicted octanol–water partition coefficient (Wildman–Crippen LogP) is 4.22. The maximum atomic E-state index is 13.0. The number of nitrogens with one attached hydrogen (secondary N) is 1. The van der Waals surface area contributed by atoms with Crippen LogP contribution >= 0.6 is 11.5 Å². The summed E-state index contributed by atoms with van der Waals surface area (Å²) >= 11 is 1.23. The third kappa shape index (κ3) is 6.77. The van der Waals surface area contributed by atoms with E-state index < -0.39 is 12.7 Å². The number of halogens is 3. The van der Waals surface area contributed by atoms with Crippen LogP contribution in [0.3, 0.4) is 0 Å². The largest absolute Gasteiger partial charge is 0.477 e. The molecule has 0 unspecified atom stereocenters. The number of ether oxygens (including phenoxy) is 1. The second kappa shape index (κ2) is 11.0. The van der Waals surface area contributed by atoms with Crippen molar-refractivity contribution >= 4 is 23.1 Å². The molecule has 1 aliphatic rings. The molecule has 4 heterocycles. The monoisotopic (exact) mass is 516 g/mol. The van der Waals surface area contributed by atoms with E-state index in [-0.39, 0.29) is 18.4 Å². The molecular weight excluding hydrogens is 493 g/mol. The molecule has 3 aromatic heterocycles. The lowest BCUT2D eigenvalue weighted by molar-refractivity contribution is -0.143. The molecule has 8 nitrogen and oxygen atoms in total. The van der Waals surface area contributed by atoms with Gasteiger partial charge in [0.25, 0.3) is 5.91 Å². The minimum atomic E-state index is -4.20. The zero-order chi connectivity index (χ0) is 25.7. The number of nitriles is 1. The van der Waals surface area contributed by atoms with Gasteiger partial charge in [-0.3, -0.25) is 14.7 Å². The number of amides is 1. The van der Waals surface area contributed by atoms with E-state index >= 15 is 0 Å². The van der Waals surface area contributed by atoms with Crippen LogP contribution in [0.2, 0.25) is 0 Å². The number of aryl methyl sites for hydroxylation is 1. The fourth-order valence-corrected chi connectivity index (χ4v) is 4.85. The van der Waals surface area contributed by atoms with Gasteiger partial charge in [0, 0.05) is 41.7 Å². The average molecular weight is 517 g/mol. The molecule has 1 N–H and O–H groups in total. The summed E-state index contributed by atoms with van der Waals surface area (Å²) in [5.41, 5.74) is 2.72. The standard InChI is InChI=1S/C24H23F3N6O2S/c1-15-22(20(36-32-15)8-18-3-2-16(9-28)10-29-18)23(34)31-19-4-5-21(30-11-19)35-13-17-6-7-33(12-17)14-24(25,26)27/h2-5,10-11,17H,6-8,12-14H2,1H3,(H,31,34)/t17-/m0/s1. The first kappa shape index (κ1) is 25.5. The topological polar surface area (TPSA) is 104 Å². The first-order chi connectivity index (χ1) is 17.2. The molecule has 1 saturated heterocycles. The van der Waals surface area contributed by atoms with Crippen LogP contribution in [0.5, 0.6) is 5.88 Å². The molecule has 4 rings (SSSR count). The number of hydrogen-bond donors (Lipinski definition) is 1. The first-order valence-electron chi connectivity index (χ1n) is 11.2. The van der Waals surface area contributed by atoms with Crippen molar-refractivity contribution in [3.63, 3.8) is 0 Å². The minimum Gasteiger partial charge on any atom is -0.477 e. The molecule has 1 atom stereocenters.